The molecule has 1 amide bonds. The molecule has 0 unspecified atom stereocenters. The number of hydrogen-bond donors (Lipinski definition) is 2. The molecule has 0 aliphatic rings. The van der Waals surface area contributed by atoms with Crippen molar-refractivity contribution < 1.29 is 14.3 Å². The molecule has 5 nitrogen and oxygen atoms in total. The summed E-state index contributed by atoms with van der Waals surface area (Å²) in [5.41, 5.74) is 2.04. The van der Waals surface area contributed by atoms with Gasteiger partial charge >= 0.3 is 0 Å². The van der Waals surface area contributed by atoms with E-state index in [1.165, 1.54) is 7.11 Å². The average molecular weight is 365 g/mol. The van der Waals surface area contributed by atoms with Crippen molar-refractivity contribution in [2.75, 3.05) is 19.5 Å². The zero-order chi connectivity index (χ0) is 17.7. The summed E-state index contributed by atoms with van der Waals surface area (Å²) in [5.74, 6) is 0.610. The highest BCUT2D eigenvalue weighted by atomic mass is 35.5. The normalized spacial score (nSPS) is 10.0. The number of anilines is 1. The zero-order valence-electron chi connectivity index (χ0n) is 13.5. The number of amides is 1. The molecule has 0 fully saturated rings. The number of benzene rings is 2. The van der Waals surface area contributed by atoms with Crippen LogP contribution < -0.4 is 20.1 Å². The van der Waals surface area contributed by atoms with Crippen LogP contribution in [0.4, 0.5) is 5.69 Å². The fourth-order valence-corrected chi connectivity index (χ4v) is 2.41. The number of carbonyl (C=O) groups excluding carboxylic acids is 1. The predicted octanol–water partition coefficient (Wildman–Crippen LogP) is 3.79. The number of aryl methyl sites for hydroxylation is 1. The quantitative estimate of drug-likeness (QED) is 0.808. The smallest absolute Gasteiger partial charge is 0.261 e. The Morgan fingerprint density at radius 3 is 2.54 bits per heavy atom. The third-order valence-electron chi connectivity index (χ3n) is 3.33. The van der Waals surface area contributed by atoms with Gasteiger partial charge in [-0.2, -0.15) is 0 Å². The Kier molecular flexibility index (Phi) is 6.00. The summed E-state index contributed by atoms with van der Waals surface area (Å²) in [6.45, 7) is 1.91. The minimum absolute atomic E-state index is 0.170. The number of rotatable bonds is 4. The highest BCUT2D eigenvalue weighted by molar-refractivity contribution is 7.80. The van der Waals surface area contributed by atoms with Crippen LogP contribution in [0, 0.1) is 6.92 Å². The summed E-state index contributed by atoms with van der Waals surface area (Å²) in [6, 6.07) is 10.3. The maximum Gasteiger partial charge on any atom is 0.261 e. The molecule has 0 aliphatic carbocycles. The van der Waals surface area contributed by atoms with E-state index in [1.807, 2.05) is 13.0 Å². The number of halogens is 1. The summed E-state index contributed by atoms with van der Waals surface area (Å²) in [4.78, 5) is 12.4. The fourth-order valence-electron chi connectivity index (χ4n) is 2.04. The number of hydrogen-bond acceptors (Lipinski definition) is 4. The molecule has 126 valence electrons. The van der Waals surface area contributed by atoms with Gasteiger partial charge in [-0.3, -0.25) is 10.1 Å². The molecule has 0 radical (unpaired) electrons. The van der Waals surface area contributed by atoms with Gasteiger partial charge < -0.3 is 14.8 Å². The number of carbonyl (C=O) groups is 1. The second-order valence-corrected chi connectivity index (χ2v) is 5.78. The van der Waals surface area contributed by atoms with Gasteiger partial charge in [0.15, 0.2) is 5.11 Å². The Morgan fingerprint density at radius 2 is 1.88 bits per heavy atom. The van der Waals surface area contributed by atoms with Crippen molar-refractivity contribution in [2.24, 2.45) is 0 Å². The van der Waals surface area contributed by atoms with Crippen molar-refractivity contribution in [1.82, 2.24) is 5.32 Å². The van der Waals surface area contributed by atoms with Crippen LogP contribution >= 0.6 is 23.8 Å². The lowest BCUT2D eigenvalue weighted by Crippen LogP contribution is -2.34. The molecule has 2 aromatic rings. The van der Waals surface area contributed by atoms with Crippen LogP contribution in [0.15, 0.2) is 36.4 Å². The van der Waals surface area contributed by atoms with Gasteiger partial charge in [0.1, 0.15) is 11.5 Å². The number of nitrogens with one attached hydrogen (secondary N) is 2. The van der Waals surface area contributed by atoms with E-state index in [-0.39, 0.29) is 11.0 Å². The summed E-state index contributed by atoms with van der Waals surface area (Å²) in [5, 5.41) is 6.33. The van der Waals surface area contributed by atoms with E-state index in [0.29, 0.717) is 22.1 Å². The molecule has 2 rings (SSSR count). The lowest BCUT2D eigenvalue weighted by atomic mass is 10.1. The van der Waals surface area contributed by atoms with Crippen molar-refractivity contribution >= 4 is 40.5 Å². The largest absolute Gasteiger partial charge is 0.497 e. The second kappa shape index (κ2) is 7.99. The second-order valence-electron chi connectivity index (χ2n) is 4.93. The Hall–Kier alpha value is -2.31. The summed E-state index contributed by atoms with van der Waals surface area (Å²) in [7, 11) is 3.03. The molecule has 0 atom stereocenters. The molecule has 0 heterocycles. The highest BCUT2D eigenvalue weighted by Crippen LogP contribution is 2.24. The first-order valence-electron chi connectivity index (χ1n) is 7.05. The van der Waals surface area contributed by atoms with Crippen LogP contribution in [0.5, 0.6) is 11.5 Å². The number of ether oxygens (including phenoxy) is 2. The summed E-state index contributed by atoms with van der Waals surface area (Å²) >= 11 is 11.2. The first kappa shape index (κ1) is 18.0. The van der Waals surface area contributed by atoms with Gasteiger partial charge in [-0.25, -0.2) is 0 Å². The lowest BCUT2D eigenvalue weighted by Gasteiger charge is -2.14. The van der Waals surface area contributed by atoms with Gasteiger partial charge in [0, 0.05) is 16.8 Å². The molecule has 0 spiro atoms. The Balaban J connectivity index is 2.11. The van der Waals surface area contributed by atoms with E-state index in [9.17, 15) is 4.79 Å². The SMILES string of the molecule is COc1ccc(C(=O)NC(=S)Nc2cc(Cl)ccc2C)c(OC)c1. The average Bonchev–Trinajstić information content (AvgIpc) is 2.57. The fraction of sp³-hybridized carbons (Fsp3) is 0.176. The monoisotopic (exact) mass is 364 g/mol. The van der Waals surface area contributed by atoms with Crippen LogP contribution in [0.1, 0.15) is 15.9 Å². The number of thiocarbonyl (C=S) groups is 1. The molecular formula is C17H17ClN2O3S. The molecule has 0 aromatic heterocycles. The maximum absolute atomic E-state index is 12.4. The van der Waals surface area contributed by atoms with Crippen molar-refractivity contribution in [3.63, 3.8) is 0 Å². The van der Waals surface area contributed by atoms with Gasteiger partial charge in [0.05, 0.1) is 19.8 Å². The predicted molar refractivity (Wildman–Crippen MR) is 99.4 cm³/mol. The first-order chi connectivity index (χ1) is 11.4. The Bertz CT molecular complexity index is 780. The van der Waals surface area contributed by atoms with Gasteiger partial charge in [0.2, 0.25) is 0 Å². The maximum atomic E-state index is 12.4. The van der Waals surface area contributed by atoms with Crippen LogP contribution in [0.3, 0.4) is 0 Å². The lowest BCUT2D eigenvalue weighted by molar-refractivity contribution is 0.0974. The molecule has 7 heteroatoms. The van der Waals surface area contributed by atoms with Gasteiger partial charge in [-0.15, -0.1) is 0 Å². The topological polar surface area (TPSA) is 59.6 Å². The van der Waals surface area contributed by atoms with Crippen molar-refractivity contribution in [3.8, 4) is 11.5 Å². The standard InChI is InChI=1S/C17H17ClN2O3S/c1-10-4-5-11(18)8-14(10)19-17(24)20-16(21)13-7-6-12(22-2)9-15(13)23-3/h4-9H,1-3H3,(H2,19,20,21,24). The molecule has 0 bridgehead atoms. The third kappa shape index (κ3) is 4.37. The van der Waals surface area contributed by atoms with E-state index in [2.05, 4.69) is 10.6 Å². The van der Waals surface area contributed by atoms with Crippen LogP contribution in [-0.4, -0.2) is 25.2 Å². The molecule has 2 aromatic carbocycles. The van der Waals surface area contributed by atoms with Crippen LogP contribution in [0.25, 0.3) is 0 Å². The van der Waals surface area contributed by atoms with Crippen molar-refractivity contribution in [3.05, 3.63) is 52.5 Å². The highest BCUT2D eigenvalue weighted by Gasteiger charge is 2.15. The van der Waals surface area contributed by atoms with Gasteiger partial charge in [0.25, 0.3) is 5.91 Å². The van der Waals surface area contributed by atoms with E-state index in [4.69, 9.17) is 33.3 Å². The van der Waals surface area contributed by atoms with Crippen LogP contribution in [0.2, 0.25) is 5.02 Å². The third-order valence-corrected chi connectivity index (χ3v) is 3.77. The van der Waals surface area contributed by atoms with Crippen LogP contribution in [-0.2, 0) is 0 Å². The van der Waals surface area contributed by atoms with Gasteiger partial charge in [-0.1, -0.05) is 17.7 Å². The zero-order valence-corrected chi connectivity index (χ0v) is 15.0. The summed E-state index contributed by atoms with van der Waals surface area (Å²) < 4.78 is 10.3. The molecule has 0 saturated carbocycles. The molecular weight excluding hydrogens is 348 g/mol. The minimum Gasteiger partial charge on any atom is -0.497 e. The van der Waals surface area contributed by atoms with E-state index < -0.39 is 0 Å². The minimum atomic E-state index is -0.383. The molecule has 2 N–H and O–H groups in total. The molecule has 0 saturated heterocycles. The Labute approximate surface area is 150 Å². The van der Waals surface area contributed by atoms with Crippen molar-refractivity contribution in [2.45, 2.75) is 6.92 Å². The van der Waals surface area contributed by atoms with Crippen molar-refractivity contribution in [1.29, 1.82) is 0 Å². The van der Waals surface area contributed by atoms with Gasteiger partial charge in [-0.05, 0) is 49.0 Å². The van der Waals surface area contributed by atoms with E-state index in [1.54, 1.807) is 37.4 Å². The molecule has 24 heavy (non-hydrogen) atoms. The van der Waals surface area contributed by atoms with E-state index in [0.717, 1.165) is 11.3 Å². The first-order valence-corrected chi connectivity index (χ1v) is 7.83. The Morgan fingerprint density at radius 1 is 1.12 bits per heavy atom. The van der Waals surface area contributed by atoms with E-state index >= 15 is 0 Å². The summed E-state index contributed by atoms with van der Waals surface area (Å²) in [6.07, 6.45) is 0. The number of methoxy groups -OCH3 is 2. The molecule has 0 aliphatic heterocycles.